The van der Waals surface area contributed by atoms with Gasteiger partial charge < -0.3 is 14.2 Å². The summed E-state index contributed by atoms with van der Waals surface area (Å²) in [6, 6.07) is 0. The molecule has 1 N–H and O–H groups in total. The summed E-state index contributed by atoms with van der Waals surface area (Å²) in [5.41, 5.74) is 0. The predicted octanol–water partition coefficient (Wildman–Crippen LogP) is 0.451. The Hall–Kier alpha value is -0.810. The van der Waals surface area contributed by atoms with Gasteiger partial charge in [0.2, 0.25) is 0 Å². The Morgan fingerprint density at radius 3 is 2.92 bits per heavy atom. The first-order chi connectivity index (χ1) is 5.68. The van der Waals surface area contributed by atoms with Crippen molar-refractivity contribution in [3.05, 3.63) is 0 Å². The van der Waals surface area contributed by atoms with Crippen molar-refractivity contribution in [1.82, 2.24) is 5.32 Å². The second-order valence-electron chi connectivity index (χ2n) is 2.74. The molecule has 1 unspecified atom stereocenters. The Morgan fingerprint density at radius 2 is 2.42 bits per heavy atom. The summed E-state index contributed by atoms with van der Waals surface area (Å²) in [6.45, 7) is 4.18. The molecule has 0 saturated carbocycles. The highest BCUT2D eigenvalue weighted by atomic mass is 16.7. The zero-order valence-corrected chi connectivity index (χ0v) is 7.20. The Kier molecular flexibility index (Phi) is 3.31. The van der Waals surface area contributed by atoms with Crippen LogP contribution in [0.15, 0.2) is 0 Å². The summed E-state index contributed by atoms with van der Waals surface area (Å²) in [5.74, 6) is 0. The number of ether oxygens (including phenoxy) is 3. The molecule has 1 amide bonds. The average Bonchev–Trinajstić information content (AvgIpc) is 2.37. The van der Waals surface area contributed by atoms with Crippen LogP contribution < -0.4 is 5.32 Å². The number of alkyl carbamates (subject to hydrolysis) is 1. The van der Waals surface area contributed by atoms with Crippen LogP contribution in [0.2, 0.25) is 0 Å². The lowest BCUT2D eigenvalue weighted by Gasteiger charge is -2.12. The highest BCUT2D eigenvalue weighted by Gasteiger charge is 2.19. The van der Waals surface area contributed by atoms with Gasteiger partial charge >= 0.3 is 6.09 Å². The van der Waals surface area contributed by atoms with Gasteiger partial charge in [0.05, 0.1) is 12.7 Å². The first kappa shape index (κ1) is 9.28. The Balaban J connectivity index is 2.16. The lowest BCUT2D eigenvalue weighted by Crippen LogP contribution is -2.37. The van der Waals surface area contributed by atoms with Gasteiger partial charge in [0.25, 0.3) is 0 Å². The fourth-order valence-electron chi connectivity index (χ4n) is 0.796. The molecule has 0 bridgehead atoms. The summed E-state index contributed by atoms with van der Waals surface area (Å²) in [5, 5.41) is 2.50. The number of rotatable bonds is 2. The number of hydrogen-bond acceptors (Lipinski definition) is 4. The van der Waals surface area contributed by atoms with Crippen LogP contribution in [0.4, 0.5) is 4.79 Å². The molecule has 1 saturated heterocycles. The first-order valence-electron chi connectivity index (χ1n) is 3.85. The summed E-state index contributed by atoms with van der Waals surface area (Å²) in [7, 11) is 0. The van der Waals surface area contributed by atoms with E-state index in [0.717, 1.165) is 0 Å². The van der Waals surface area contributed by atoms with Gasteiger partial charge in [-0.3, -0.25) is 5.32 Å². The smallest absolute Gasteiger partial charge is 0.409 e. The molecular weight excluding hydrogens is 162 g/mol. The van der Waals surface area contributed by atoms with Crippen LogP contribution in [-0.4, -0.2) is 31.8 Å². The molecule has 70 valence electrons. The first-order valence-corrected chi connectivity index (χ1v) is 3.85. The van der Waals surface area contributed by atoms with Crippen LogP contribution in [0.1, 0.15) is 13.8 Å². The number of nitrogens with one attached hydrogen (secondary N) is 1. The molecule has 0 aromatic carbocycles. The maximum atomic E-state index is 10.9. The van der Waals surface area contributed by atoms with E-state index in [2.05, 4.69) is 5.32 Å². The fourth-order valence-corrected chi connectivity index (χ4v) is 0.796. The van der Waals surface area contributed by atoms with Crippen molar-refractivity contribution in [3.63, 3.8) is 0 Å². The predicted molar refractivity (Wildman–Crippen MR) is 40.4 cm³/mol. The maximum Gasteiger partial charge on any atom is 0.409 e. The molecule has 1 aliphatic heterocycles. The molecule has 1 atom stereocenters. The monoisotopic (exact) mass is 175 g/mol. The molecule has 1 heterocycles. The summed E-state index contributed by atoms with van der Waals surface area (Å²) in [6.07, 6.45) is -0.955. The van der Waals surface area contributed by atoms with Crippen molar-refractivity contribution in [2.24, 2.45) is 0 Å². The van der Waals surface area contributed by atoms with Crippen molar-refractivity contribution in [3.8, 4) is 0 Å². The third-order valence-electron chi connectivity index (χ3n) is 1.24. The van der Waals surface area contributed by atoms with Gasteiger partial charge in [-0.2, -0.15) is 0 Å². The van der Waals surface area contributed by atoms with Gasteiger partial charge in [-0.1, -0.05) is 0 Å². The number of hydrogen-bond donors (Lipinski definition) is 1. The normalized spacial score (nSPS) is 22.8. The van der Waals surface area contributed by atoms with E-state index in [9.17, 15) is 4.79 Å². The number of amides is 1. The van der Waals surface area contributed by atoms with Crippen LogP contribution in [-0.2, 0) is 14.2 Å². The lowest BCUT2D eigenvalue weighted by molar-refractivity contribution is 0.0322. The molecule has 5 heteroatoms. The van der Waals surface area contributed by atoms with E-state index in [-0.39, 0.29) is 19.1 Å². The van der Waals surface area contributed by atoms with Gasteiger partial charge in [-0.25, -0.2) is 4.79 Å². The highest BCUT2D eigenvalue weighted by molar-refractivity contribution is 5.67. The molecule has 5 nitrogen and oxygen atoms in total. The molecule has 1 rings (SSSR count). The van der Waals surface area contributed by atoms with Gasteiger partial charge in [0.15, 0.2) is 6.23 Å². The fraction of sp³-hybridized carbons (Fsp3) is 0.857. The van der Waals surface area contributed by atoms with Gasteiger partial charge in [0, 0.05) is 0 Å². The molecule has 0 spiro atoms. The maximum absolute atomic E-state index is 10.9. The van der Waals surface area contributed by atoms with Crippen LogP contribution in [0, 0.1) is 0 Å². The van der Waals surface area contributed by atoms with Crippen LogP contribution in [0.25, 0.3) is 0 Å². The molecular formula is C7H13NO4. The minimum absolute atomic E-state index is 0.118. The van der Waals surface area contributed by atoms with E-state index in [1.807, 2.05) is 0 Å². The van der Waals surface area contributed by atoms with E-state index in [1.54, 1.807) is 13.8 Å². The SMILES string of the molecule is CC(C)OC(=O)NC1COCO1. The minimum atomic E-state index is -0.472. The third kappa shape index (κ3) is 3.06. The minimum Gasteiger partial charge on any atom is -0.447 e. The zero-order valence-electron chi connectivity index (χ0n) is 7.20. The topological polar surface area (TPSA) is 56.8 Å². The van der Waals surface area contributed by atoms with Crippen molar-refractivity contribution >= 4 is 6.09 Å². The third-order valence-corrected chi connectivity index (χ3v) is 1.24. The number of carbonyl (C=O) groups is 1. The quantitative estimate of drug-likeness (QED) is 0.662. The largest absolute Gasteiger partial charge is 0.447 e. The molecule has 1 fully saturated rings. The summed E-state index contributed by atoms with van der Waals surface area (Å²) in [4.78, 5) is 10.9. The molecule has 0 aromatic rings. The molecule has 12 heavy (non-hydrogen) atoms. The van der Waals surface area contributed by atoms with Crippen molar-refractivity contribution < 1.29 is 19.0 Å². The number of carbonyl (C=O) groups excluding carboxylic acids is 1. The van der Waals surface area contributed by atoms with Crippen LogP contribution in [0.5, 0.6) is 0 Å². The average molecular weight is 175 g/mol. The Bertz CT molecular complexity index is 153. The van der Waals surface area contributed by atoms with Gasteiger partial charge in [-0.15, -0.1) is 0 Å². The van der Waals surface area contributed by atoms with Crippen molar-refractivity contribution in [2.45, 2.75) is 26.2 Å². The van der Waals surface area contributed by atoms with Gasteiger partial charge in [0.1, 0.15) is 6.79 Å². The van der Waals surface area contributed by atoms with Crippen LogP contribution in [0.3, 0.4) is 0 Å². The second-order valence-corrected chi connectivity index (χ2v) is 2.74. The second kappa shape index (κ2) is 4.27. The summed E-state index contributed by atoms with van der Waals surface area (Å²) < 4.78 is 14.7. The lowest BCUT2D eigenvalue weighted by atomic mass is 10.5. The molecule has 0 aliphatic carbocycles. The van der Waals surface area contributed by atoms with E-state index in [0.29, 0.717) is 6.61 Å². The van der Waals surface area contributed by atoms with Gasteiger partial charge in [-0.05, 0) is 13.8 Å². The van der Waals surface area contributed by atoms with E-state index in [4.69, 9.17) is 14.2 Å². The van der Waals surface area contributed by atoms with Crippen LogP contribution >= 0.6 is 0 Å². The molecule has 0 aromatic heterocycles. The zero-order chi connectivity index (χ0) is 8.97. The van der Waals surface area contributed by atoms with E-state index >= 15 is 0 Å². The van der Waals surface area contributed by atoms with E-state index in [1.165, 1.54) is 0 Å². The Labute approximate surface area is 71.0 Å². The van der Waals surface area contributed by atoms with E-state index < -0.39 is 6.09 Å². The Morgan fingerprint density at radius 1 is 1.67 bits per heavy atom. The highest BCUT2D eigenvalue weighted by Crippen LogP contribution is 1.99. The van der Waals surface area contributed by atoms with Crippen molar-refractivity contribution in [2.75, 3.05) is 13.4 Å². The molecule has 1 aliphatic rings. The standard InChI is InChI=1S/C7H13NO4/c1-5(2)12-7(9)8-6-3-10-4-11-6/h5-6H,3-4H2,1-2H3,(H,8,9). The molecule has 0 radical (unpaired) electrons. The summed E-state index contributed by atoms with van der Waals surface area (Å²) >= 11 is 0. The van der Waals surface area contributed by atoms with Crippen molar-refractivity contribution in [1.29, 1.82) is 0 Å².